The van der Waals surface area contributed by atoms with Gasteiger partial charge in [0.1, 0.15) is 11.9 Å². The lowest BCUT2D eigenvalue weighted by Crippen LogP contribution is -2.10. The molecule has 1 aromatic carbocycles. The minimum Gasteiger partial charge on any atom is -0.496 e. The molecular weight excluding hydrogens is 252 g/mol. The fourth-order valence-electron chi connectivity index (χ4n) is 1.92. The highest BCUT2D eigenvalue weighted by Gasteiger charge is 2.19. The zero-order chi connectivity index (χ0) is 13.1. The van der Waals surface area contributed by atoms with Crippen molar-refractivity contribution in [3.05, 3.63) is 46.7 Å². The lowest BCUT2D eigenvalue weighted by molar-refractivity contribution is 0.203. The first-order valence-corrected chi connectivity index (χ1v) is 6.08. The summed E-state index contributed by atoms with van der Waals surface area (Å²) in [4.78, 5) is 0. The summed E-state index contributed by atoms with van der Waals surface area (Å²) in [5, 5.41) is 15.1. The molecule has 18 heavy (non-hydrogen) atoms. The van der Waals surface area contributed by atoms with Gasteiger partial charge in [-0.2, -0.15) is 5.10 Å². The third-order valence-corrected chi connectivity index (χ3v) is 3.05. The van der Waals surface area contributed by atoms with Crippen molar-refractivity contribution in [3.8, 4) is 5.75 Å². The fraction of sp³-hybridized carbons (Fsp3) is 0.308. The Morgan fingerprint density at radius 1 is 1.44 bits per heavy atom. The van der Waals surface area contributed by atoms with Gasteiger partial charge in [0.15, 0.2) is 0 Å². The van der Waals surface area contributed by atoms with E-state index in [1.807, 2.05) is 6.92 Å². The van der Waals surface area contributed by atoms with E-state index < -0.39 is 6.10 Å². The van der Waals surface area contributed by atoms with Gasteiger partial charge < -0.3 is 9.84 Å². The molecule has 0 saturated heterocycles. The summed E-state index contributed by atoms with van der Waals surface area (Å²) in [5.41, 5.74) is 1.36. The molecule has 2 aromatic rings. The molecule has 0 fully saturated rings. The van der Waals surface area contributed by atoms with Crippen molar-refractivity contribution in [2.24, 2.45) is 0 Å². The van der Waals surface area contributed by atoms with E-state index in [9.17, 15) is 5.11 Å². The number of aliphatic hydroxyl groups is 1. The number of aryl methyl sites for hydroxylation is 1. The van der Waals surface area contributed by atoms with Crippen LogP contribution in [0.4, 0.5) is 0 Å². The van der Waals surface area contributed by atoms with Crippen LogP contribution in [0.5, 0.6) is 5.75 Å². The summed E-state index contributed by atoms with van der Waals surface area (Å²) in [6.45, 7) is 2.67. The standard InChI is InChI=1S/C13H15ClN2O2/c1-3-16-11(6-7-15-16)13(17)10-8-9(14)4-5-12(10)18-2/h4-8,13,17H,3H2,1-2H3. The number of rotatable bonds is 4. The zero-order valence-electron chi connectivity index (χ0n) is 10.3. The monoisotopic (exact) mass is 266 g/mol. The van der Waals surface area contributed by atoms with Gasteiger partial charge in [-0.25, -0.2) is 0 Å². The molecule has 0 radical (unpaired) electrons. The van der Waals surface area contributed by atoms with E-state index in [0.717, 1.165) is 5.69 Å². The first kappa shape index (κ1) is 12.9. The SMILES string of the molecule is CCn1nccc1C(O)c1cc(Cl)ccc1OC. The van der Waals surface area contributed by atoms with Crippen LogP contribution in [0.3, 0.4) is 0 Å². The Balaban J connectivity index is 2.45. The van der Waals surface area contributed by atoms with E-state index in [1.54, 1.807) is 42.3 Å². The van der Waals surface area contributed by atoms with E-state index in [4.69, 9.17) is 16.3 Å². The Morgan fingerprint density at radius 2 is 2.22 bits per heavy atom. The van der Waals surface area contributed by atoms with Crippen LogP contribution in [-0.4, -0.2) is 22.0 Å². The van der Waals surface area contributed by atoms with Crippen LogP contribution in [0, 0.1) is 0 Å². The van der Waals surface area contributed by atoms with E-state index in [-0.39, 0.29) is 0 Å². The molecule has 4 nitrogen and oxygen atoms in total. The highest BCUT2D eigenvalue weighted by Crippen LogP contribution is 2.32. The van der Waals surface area contributed by atoms with Crippen molar-refractivity contribution in [1.82, 2.24) is 9.78 Å². The minimum absolute atomic E-state index is 0.562. The lowest BCUT2D eigenvalue weighted by atomic mass is 10.1. The highest BCUT2D eigenvalue weighted by atomic mass is 35.5. The third kappa shape index (κ3) is 2.35. The van der Waals surface area contributed by atoms with Gasteiger partial charge in [-0.3, -0.25) is 4.68 Å². The van der Waals surface area contributed by atoms with Crippen molar-refractivity contribution in [1.29, 1.82) is 0 Å². The van der Waals surface area contributed by atoms with E-state index in [0.29, 0.717) is 22.9 Å². The second-order valence-corrected chi connectivity index (χ2v) is 4.30. The van der Waals surface area contributed by atoms with Gasteiger partial charge in [-0.05, 0) is 31.2 Å². The van der Waals surface area contributed by atoms with Crippen LogP contribution in [0.1, 0.15) is 24.3 Å². The van der Waals surface area contributed by atoms with E-state index in [1.165, 1.54) is 0 Å². The van der Waals surface area contributed by atoms with Crippen LogP contribution in [0.15, 0.2) is 30.5 Å². The summed E-state index contributed by atoms with van der Waals surface area (Å²) in [5.74, 6) is 0.607. The smallest absolute Gasteiger partial charge is 0.125 e. The van der Waals surface area contributed by atoms with Crippen LogP contribution < -0.4 is 4.74 Å². The largest absolute Gasteiger partial charge is 0.496 e. The normalized spacial score (nSPS) is 12.4. The molecule has 96 valence electrons. The van der Waals surface area contributed by atoms with Crippen molar-refractivity contribution in [2.45, 2.75) is 19.6 Å². The van der Waals surface area contributed by atoms with Crippen molar-refractivity contribution in [2.75, 3.05) is 7.11 Å². The Morgan fingerprint density at radius 3 is 2.89 bits per heavy atom. The van der Waals surface area contributed by atoms with Gasteiger partial charge in [0.05, 0.1) is 12.8 Å². The summed E-state index contributed by atoms with van der Waals surface area (Å²) in [6.07, 6.45) is 0.861. The van der Waals surface area contributed by atoms with Crippen LogP contribution in [0.2, 0.25) is 5.02 Å². The summed E-state index contributed by atoms with van der Waals surface area (Å²) >= 11 is 5.96. The molecule has 2 rings (SSSR count). The number of nitrogens with zero attached hydrogens (tertiary/aromatic N) is 2. The zero-order valence-corrected chi connectivity index (χ0v) is 11.1. The quantitative estimate of drug-likeness (QED) is 0.925. The fourth-order valence-corrected chi connectivity index (χ4v) is 2.10. The lowest BCUT2D eigenvalue weighted by Gasteiger charge is -2.16. The average molecular weight is 267 g/mol. The second-order valence-electron chi connectivity index (χ2n) is 3.86. The first-order chi connectivity index (χ1) is 8.67. The molecule has 0 bridgehead atoms. The number of hydrogen-bond donors (Lipinski definition) is 1. The van der Waals surface area contributed by atoms with Gasteiger partial charge in [-0.1, -0.05) is 11.6 Å². The Bertz CT molecular complexity index is 540. The molecule has 0 aliphatic rings. The van der Waals surface area contributed by atoms with Crippen LogP contribution >= 0.6 is 11.6 Å². The molecule has 1 atom stereocenters. The molecule has 1 aromatic heterocycles. The Hall–Kier alpha value is -1.52. The van der Waals surface area contributed by atoms with Crippen LogP contribution in [-0.2, 0) is 6.54 Å². The Kier molecular flexibility index (Phi) is 3.89. The molecular formula is C13H15ClN2O2. The first-order valence-electron chi connectivity index (χ1n) is 5.70. The second kappa shape index (κ2) is 5.42. The van der Waals surface area contributed by atoms with E-state index in [2.05, 4.69) is 5.10 Å². The van der Waals surface area contributed by atoms with Gasteiger partial charge in [0.2, 0.25) is 0 Å². The van der Waals surface area contributed by atoms with Gasteiger partial charge in [0, 0.05) is 23.3 Å². The third-order valence-electron chi connectivity index (χ3n) is 2.82. The van der Waals surface area contributed by atoms with Crippen LogP contribution in [0.25, 0.3) is 0 Å². The maximum Gasteiger partial charge on any atom is 0.125 e. The molecule has 0 aliphatic heterocycles. The molecule has 1 unspecified atom stereocenters. The number of aliphatic hydroxyl groups excluding tert-OH is 1. The predicted octanol–water partition coefficient (Wildman–Crippen LogP) is 2.65. The molecule has 0 aliphatic carbocycles. The Labute approximate surface area is 111 Å². The molecule has 0 spiro atoms. The summed E-state index contributed by atoms with van der Waals surface area (Å²) in [6, 6.07) is 6.97. The number of hydrogen-bond acceptors (Lipinski definition) is 3. The van der Waals surface area contributed by atoms with Crippen molar-refractivity contribution < 1.29 is 9.84 Å². The van der Waals surface area contributed by atoms with Gasteiger partial charge >= 0.3 is 0 Å². The highest BCUT2D eigenvalue weighted by molar-refractivity contribution is 6.30. The maximum atomic E-state index is 10.4. The van der Waals surface area contributed by atoms with Crippen molar-refractivity contribution >= 4 is 11.6 Å². The summed E-state index contributed by atoms with van der Waals surface area (Å²) < 4.78 is 6.99. The van der Waals surface area contributed by atoms with E-state index >= 15 is 0 Å². The number of benzene rings is 1. The molecule has 0 saturated carbocycles. The molecule has 1 heterocycles. The number of aromatic nitrogens is 2. The van der Waals surface area contributed by atoms with Gasteiger partial charge in [0.25, 0.3) is 0 Å². The number of halogens is 1. The maximum absolute atomic E-state index is 10.4. The molecule has 5 heteroatoms. The number of ether oxygens (including phenoxy) is 1. The number of methoxy groups -OCH3 is 1. The van der Waals surface area contributed by atoms with Gasteiger partial charge in [-0.15, -0.1) is 0 Å². The summed E-state index contributed by atoms with van der Waals surface area (Å²) in [7, 11) is 1.57. The minimum atomic E-state index is -0.805. The molecule has 0 amide bonds. The predicted molar refractivity (Wildman–Crippen MR) is 70.0 cm³/mol. The average Bonchev–Trinajstić information content (AvgIpc) is 2.86. The molecule has 1 N–H and O–H groups in total. The van der Waals surface area contributed by atoms with Crippen molar-refractivity contribution in [3.63, 3.8) is 0 Å². The topological polar surface area (TPSA) is 47.3 Å².